The number of aromatic nitrogens is 2. The summed E-state index contributed by atoms with van der Waals surface area (Å²) in [6.45, 7) is 0. The minimum Gasteiger partial charge on any atom is -0.495 e. The second kappa shape index (κ2) is 10.9. The molecule has 14 heteroatoms. The Bertz CT molecular complexity index is 1570. The first-order valence-electron chi connectivity index (χ1n) is 10.8. The number of amides is 2. The van der Waals surface area contributed by atoms with E-state index in [2.05, 4.69) is 24.7 Å². The predicted molar refractivity (Wildman–Crippen MR) is 138 cm³/mol. The highest BCUT2D eigenvalue weighted by Gasteiger charge is 2.26. The summed E-state index contributed by atoms with van der Waals surface area (Å²) in [6.07, 6.45) is 2.26. The van der Waals surface area contributed by atoms with Crippen molar-refractivity contribution in [3.8, 4) is 22.6 Å². The molecule has 0 unspecified atom stereocenters. The summed E-state index contributed by atoms with van der Waals surface area (Å²) in [4.78, 5) is 17.9. The number of halogens is 2. The predicted octanol–water partition coefficient (Wildman–Crippen LogP) is 4.82. The number of sulfonamides is 1. The first kappa shape index (κ1) is 26.7. The molecule has 4 aromatic rings. The number of hydrogen-bond donors (Lipinski definition) is 2. The lowest BCUT2D eigenvalue weighted by molar-refractivity contribution is 0.250. The van der Waals surface area contributed by atoms with Crippen molar-refractivity contribution < 1.29 is 31.6 Å². The molecule has 0 saturated carbocycles. The molecule has 0 atom stereocenters. The topological polar surface area (TPSA) is 136 Å². The lowest BCUT2D eigenvalue weighted by Crippen LogP contribution is -2.35. The van der Waals surface area contributed by atoms with Crippen molar-refractivity contribution in [2.75, 3.05) is 30.9 Å². The van der Waals surface area contributed by atoms with Crippen LogP contribution in [0.15, 0.2) is 70.4 Å². The fourth-order valence-electron chi connectivity index (χ4n) is 3.50. The van der Waals surface area contributed by atoms with E-state index in [4.69, 9.17) is 21.1 Å². The van der Waals surface area contributed by atoms with Gasteiger partial charge in [-0.3, -0.25) is 4.72 Å². The summed E-state index contributed by atoms with van der Waals surface area (Å²) in [5.41, 5.74) is 0.663. The molecule has 2 heterocycles. The summed E-state index contributed by atoms with van der Waals surface area (Å²) in [5.74, 6) is -0.181. The van der Waals surface area contributed by atoms with Crippen LogP contribution in [-0.4, -0.2) is 45.9 Å². The van der Waals surface area contributed by atoms with Crippen LogP contribution in [0.1, 0.15) is 0 Å². The van der Waals surface area contributed by atoms with Crippen molar-refractivity contribution in [1.29, 1.82) is 0 Å². The number of urea groups is 1. The molecule has 2 aromatic heterocycles. The summed E-state index contributed by atoms with van der Waals surface area (Å²) < 4.78 is 58.2. The van der Waals surface area contributed by atoms with Gasteiger partial charge in [0.2, 0.25) is 0 Å². The van der Waals surface area contributed by atoms with Crippen LogP contribution in [0.25, 0.3) is 11.1 Å². The van der Waals surface area contributed by atoms with Gasteiger partial charge in [-0.1, -0.05) is 22.8 Å². The minimum atomic E-state index is -4.04. The highest BCUT2D eigenvalue weighted by Crippen LogP contribution is 2.40. The molecule has 0 aliphatic heterocycles. The number of pyridine rings is 1. The molecular formula is C24H21ClFN5O6S. The molecule has 0 bridgehead atoms. The molecule has 2 amide bonds. The van der Waals surface area contributed by atoms with Gasteiger partial charge in [0.15, 0.2) is 5.82 Å². The summed E-state index contributed by atoms with van der Waals surface area (Å²) in [7, 11) is 0.152. The quantitative estimate of drug-likeness (QED) is 0.312. The Kier molecular flexibility index (Phi) is 7.69. The lowest BCUT2D eigenvalue weighted by Gasteiger charge is -2.24. The van der Waals surface area contributed by atoms with Crippen LogP contribution < -0.4 is 24.4 Å². The molecule has 38 heavy (non-hydrogen) atoms. The third kappa shape index (κ3) is 5.33. The van der Waals surface area contributed by atoms with Crippen molar-refractivity contribution in [3.63, 3.8) is 0 Å². The molecule has 2 N–H and O–H groups in total. The number of nitrogens with one attached hydrogen (secondary N) is 2. The van der Waals surface area contributed by atoms with E-state index >= 15 is 4.39 Å². The number of benzene rings is 2. The van der Waals surface area contributed by atoms with Crippen LogP contribution in [0, 0.1) is 5.82 Å². The Balaban J connectivity index is 1.75. The maximum absolute atomic E-state index is 15.4. The second-order valence-corrected chi connectivity index (χ2v) is 9.68. The van der Waals surface area contributed by atoms with E-state index in [1.165, 1.54) is 51.8 Å². The molecule has 11 nitrogen and oxygen atoms in total. The monoisotopic (exact) mass is 561 g/mol. The van der Waals surface area contributed by atoms with Gasteiger partial charge in [-0.15, -0.1) is 0 Å². The van der Waals surface area contributed by atoms with E-state index in [9.17, 15) is 13.2 Å². The number of carbonyl (C=O) groups excluding carboxylic acids is 1. The smallest absolute Gasteiger partial charge is 0.327 e. The summed E-state index contributed by atoms with van der Waals surface area (Å²) in [5, 5.41) is 6.33. The molecule has 0 fully saturated rings. The Hall–Kier alpha value is -4.36. The number of nitrogens with zero attached hydrogens (tertiary/aromatic N) is 3. The Morgan fingerprint density at radius 1 is 1.08 bits per heavy atom. The fraction of sp³-hybridized carbons (Fsp3) is 0.125. The number of methoxy groups -OCH3 is 2. The van der Waals surface area contributed by atoms with Gasteiger partial charge in [-0.25, -0.2) is 27.5 Å². The van der Waals surface area contributed by atoms with E-state index < -0.39 is 21.9 Å². The van der Waals surface area contributed by atoms with Gasteiger partial charge in [0.1, 0.15) is 34.3 Å². The summed E-state index contributed by atoms with van der Waals surface area (Å²) in [6, 6.07) is 10.5. The molecule has 198 valence electrons. The number of carbonyl (C=O) groups is 1. The number of ether oxygens (including phenoxy) is 2. The van der Waals surface area contributed by atoms with Crippen molar-refractivity contribution in [3.05, 3.63) is 71.8 Å². The van der Waals surface area contributed by atoms with Crippen molar-refractivity contribution in [1.82, 2.24) is 15.5 Å². The minimum absolute atomic E-state index is 0.00310. The number of hydrogen-bond acceptors (Lipinski definition) is 8. The highest BCUT2D eigenvalue weighted by molar-refractivity contribution is 7.92. The van der Waals surface area contributed by atoms with Gasteiger partial charge in [-0.05, 0) is 35.9 Å². The van der Waals surface area contributed by atoms with Crippen molar-refractivity contribution in [2.24, 2.45) is 0 Å². The highest BCUT2D eigenvalue weighted by atomic mass is 35.5. The van der Waals surface area contributed by atoms with Gasteiger partial charge >= 0.3 is 6.03 Å². The summed E-state index contributed by atoms with van der Waals surface area (Å²) >= 11 is 6.09. The molecule has 2 aromatic carbocycles. The lowest BCUT2D eigenvalue weighted by atomic mass is 10.0. The first-order valence-corrected chi connectivity index (χ1v) is 12.7. The van der Waals surface area contributed by atoms with Crippen LogP contribution in [0.5, 0.6) is 11.5 Å². The molecule has 0 saturated heterocycles. The standard InChI is InChI=1S/C24H21ClFN5O6S/c1-27-24(32)31(23-7-5-15(13-28-23)38(33,34)30-22-8-9-37-29-22)19-12-18(26)16(11-21(19)36-3)14-4-6-17(25)20(10-14)35-2/h4-13H,1-3H3,(H,27,32)(H,29,30). The Labute approximate surface area is 222 Å². The molecule has 4 rings (SSSR count). The zero-order chi connectivity index (χ0) is 27.4. The van der Waals surface area contributed by atoms with E-state index in [1.54, 1.807) is 18.2 Å². The molecule has 0 spiro atoms. The second-order valence-electron chi connectivity index (χ2n) is 7.59. The Morgan fingerprint density at radius 3 is 2.45 bits per heavy atom. The number of anilines is 3. The van der Waals surface area contributed by atoms with E-state index in [0.29, 0.717) is 16.3 Å². The largest absolute Gasteiger partial charge is 0.495 e. The van der Waals surface area contributed by atoms with E-state index in [1.807, 2.05) is 0 Å². The van der Waals surface area contributed by atoms with Gasteiger partial charge in [-0.2, -0.15) is 0 Å². The Morgan fingerprint density at radius 2 is 1.84 bits per heavy atom. The van der Waals surface area contributed by atoms with Gasteiger partial charge in [0.05, 0.1) is 24.9 Å². The van der Waals surface area contributed by atoms with Crippen LogP contribution in [0.3, 0.4) is 0 Å². The van der Waals surface area contributed by atoms with Crippen LogP contribution in [0.4, 0.5) is 26.5 Å². The maximum Gasteiger partial charge on any atom is 0.327 e. The third-order valence-corrected chi connectivity index (χ3v) is 6.98. The SMILES string of the molecule is CNC(=O)N(c1ccc(S(=O)(=O)Nc2ccon2)cn1)c1cc(F)c(-c2ccc(Cl)c(OC)c2)cc1OC. The molecule has 0 radical (unpaired) electrons. The van der Waals surface area contributed by atoms with Crippen LogP contribution in [-0.2, 0) is 10.0 Å². The number of rotatable bonds is 8. The average molecular weight is 562 g/mol. The average Bonchev–Trinajstić information content (AvgIpc) is 3.42. The van der Waals surface area contributed by atoms with Crippen molar-refractivity contribution in [2.45, 2.75) is 4.90 Å². The van der Waals surface area contributed by atoms with E-state index in [-0.39, 0.29) is 33.5 Å². The van der Waals surface area contributed by atoms with Crippen LogP contribution in [0.2, 0.25) is 5.02 Å². The molecule has 0 aliphatic carbocycles. The third-order valence-electron chi connectivity index (χ3n) is 5.33. The molecular weight excluding hydrogens is 541 g/mol. The van der Waals surface area contributed by atoms with Crippen molar-refractivity contribution >= 4 is 45.0 Å². The fourth-order valence-corrected chi connectivity index (χ4v) is 4.64. The maximum atomic E-state index is 15.4. The normalized spacial score (nSPS) is 11.1. The van der Waals surface area contributed by atoms with Gasteiger partial charge in [0, 0.05) is 30.9 Å². The van der Waals surface area contributed by atoms with E-state index in [0.717, 1.165) is 17.2 Å². The van der Waals surface area contributed by atoms with Crippen LogP contribution >= 0.6 is 11.6 Å². The zero-order valence-electron chi connectivity index (χ0n) is 20.2. The van der Waals surface area contributed by atoms with Gasteiger partial charge < -0.3 is 19.3 Å². The zero-order valence-corrected chi connectivity index (χ0v) is 21.8. The first-order chi connectivity index (χ1) is 18.2. The molecule has 0 aliphatic rings. The van der Waals surface area contributed by atoms with Gasteiger partial charge in [0.25, 0.3) is 10.0 Å².